The first-order valence-electron chi connectivity index (χ1n) is 8.50. The third-order valence-electron chi connectivity index (χ3n) is 4.64. The van der Waals surface area contributed by atoms with Gasteiger partial charge in [0.15, 0.2) is 17.1 Å². The van der Waals surface area contributed by atoms with Gasteiger partial charge in [-0.15, -0.1) is 0 Å². The Labute approximate surface area is 160 Å². The van der Waals surface area contributed by atoms with Gasteiger partial charge in [-0.05, 0) is 36.8 Å². The third kappa shape index (κ3) is 3.42. The van der Waals surface area contributed by atoms with Crippen molar-refractivity contribution in [2.75, 3.05) is 20.7 Å². The molecule has 0 bridgehead atoms. The summed E-state index contributed by atoms with van der Waals surface area (Å²) in [5.74, 6) is -1.20. The lowest BCUT2D eigenvalue weighted by atomic mass is 9.99. The van der Waals surface area contributed by atoms with Crippen LogP contribution in [0.1, 0.15) is 18.2 Å². The molecule has 1 atom stereocenters. The van der Waals surface area contributed by atoms with E-state index in [0.29, 0.717) is 5.56 Å². The van der Waals surface area contributed by atoms with Gasteiger partial charge in [0, 0.05) is 13.6 Å². The molecule has 2 aromatic rings. The van der Waals surface area contributed by atoms with Gasteiger partial charge in [-0.2, -0.15) is 0 Å². The van der Waals surface area contributed by atoms with Gasteiger partial charge in [0.2, 0.25) is 5.91 Å². The Morgan fingerprint density at radius 2 is 2.11 bits per heavy atom. The van der Waals surface area contributed by atoms with Gasteiger partial charge in [-0.25, -0.2) is 9.18 Å². The number of rotatable bonds is 6. The summed E-state index contributed by atoms with van der Waals surface area (Å²) in [6.45, 7) is 1.19. The molecule has 1 fully saturated rings. The number of halogens is 1. The van der Waals surface area contributed by atoms with Crippen molar-refractivity contribution in [1.82, 2.24) is 15.1 Å². The molecule has 1 aromatic heterocycles. The number of amides is 4. The van der Waals surface area contributed by atoms with E-state index in [0.717, 1.165) is 4.90 Å². The molecule has 8 nitrogen and oxygen atoms in total. The number of imide groups is 1. The Balaban J connectivity index is 1.68. The number of benzene rings is 1. The lowest BCUT2D eigenvalue weighted by molar-refractivity contribution is -0.138. The average molecular weight is 389 g/mol. The second kappa shape index (κ2) is 7.34. The summed E-state index contributed by atoms with van der Waals surface area (Å²) >= 11 is 0. The fourth-order valence-electron chi connectivity index (χ4n) is 3.00. The molecule has 0 aliphatic carbocycles. The van der Waals surface area contributed by atoms with E-state index in [2.05, 4.69) is 5.32 Å². The fraction of sp³-hybridized carbons (Fsp3) is 0.316. The summed E-state index contributed by atoms with van der Waals surface area (Å²) in [7, 11) is 2.87. The molecule has 4 amide bonds. The Bertz CT molecular complexity index is 914. The maximum Gasteiger partial charge on any atom is 0.325 e. The summed E-state index contributed by atoms with van der Waals surface area (Å²) < 4.78 is 23.9. The second-order valence-corrected chi connectivity index (χ2v) is 6.64. The highest BCUT2D eigenvalue weighted by molar-refractivity contribution is 6.08. The van der Waals surface area contributed by atoms with Crippen molar-refractivity contribution in [2.24, 2.45) is 0 Å². The van der Waals surface area contributed by atoms with Crippen molar-refractivity contribution in [2.45, 2.75) is 19.0 Å². The molecule has 0 unspecified atom stereocenters. The van der Waals surface area contributed by atoms with Gasteiger partial charge in [-0.1, -0.05) is 6.07 Å². The summed E-state index contributed by atoms with van der Waals surface area (Å²) in [4.78, 5) is 39.6. The summed E-state index contributed by atoms with van der Waals surface area (Å²) in [5.41, 5.74) is -0.815. The zero-order valence-corrected chi connectivity index (χ0v) is 15.7. The van der Waals surface area contributed by atoms with Crippen LogP contribution in [0.5, 0.6) is 5.75 Å². The SMILES string of the molecule is COc1ccc(CN(C)C(=O)CN2C(=O)N[C@](C)(c3ccco3)C2=O)cc1F. The normalized spacial score (nSPS) is 18.9. The van der Waals surface area contributed by atoms with E-state index in [1.54, 1.807) is 18.2 Å². The van der Waals surface area contributed by atoms with Gasteiger partial charge in [0.25, 0.3) is 5.91 Å². The molecule has 148 valence electrons. The van der Waals surface area contributed by atoms with E-state index in [9.17, 15) is 18.8 Å². The molecule has 1 aromatic carbocycles. The molecule has 28 heavy (non-hydrogen) atoms. The molecule has 0 saturated carbocycles. The number of hydrogen-bond donors (Lipinski definition) is 1. The lowest BCUT2D eigenvalue weighted by Gasteiger charge is -2.22. The van der Waals surface area contributed by atoms with E-state index in [-0.39, 0.29) is 18.1 Å². The Morgan fingerprint density at radius 3 is 2.71 bits per heavy atom. The predicted molar refractivity (Wildman–Crippen MR) is 95.7 cm³/mol. The topological polar surface area (TPSA) is 92.1 Å². The average Bonchev–Trinajstić information content (AvgIpc) is 3.26. The van der Waals surface area contributed by atoms with Crippen LogP contribution in [0.15, 0.2) is 41.0 Å². The third-order valence-corrected chi connectivity index (χ3v) is 4.64. The maximum absolute atomic E-state index is 13.8. The zero-order chi connectivity index (χ0) is 20.5. The number of hydrogen-bond acceptors (Lipinski definition) is 5. The van der Waals surface area contributed by atoms with Gasteiger partial charge < -0.3 is 19.4 Å². The van der Waals surface area contributed by atoms with Crippen LogP contribution in [0.4, 0.5) is 9.18 Å². The predicted octanol–water partition coefficient (Wildman–Crippen LogP) is 1.85. The molecule has 1 aliphatic rings. The molecule has 2 heterocycles. The molecule has 1 saturated heterocycles. The highest BCUT2D eigenvalue weighted by atomic mass is 19.1. The smallest absolute Gasteiger partial charge is 0.325 e. The lowest BCUT2D eigenvalue weighted by Crippen LogP contribution is -2.43. The first-order chi connectivity index (χ1) is 13.3. The van der Waals surface area contributed by atoms with E-state index < -0.39 is 35.7 Å². The molecular formula is C19H20FN3O5. The quantitative estimate of drug-likeness (QED) is 0.762. The van der Waals surface area contributed by atoms with Crippen LogP contribution in [0.3, 0.4) is 0 Å². The highest BCUT2D eigenvalue weighted by Gasteiger charge is 2.51. The van der Waals surface area contributed by atoms with Gasteiger partial charge in [-0.3, -0.25) is 14.5 Å². The van der Waals surface area contributed by atoms with Gasteiger partial charge >= 0.3 is 6.03 Å². The number of nitrogens with one attached hydrogen (secondary N) is 1. The van der Waals surface area contributed by atoms with Gasteiger partial charge in [0.1, 0.15) is 12.3 Å². The summed E-state index contributed by atoms with van der Waals surface area (Å²) in [5, 5.41) is 2.56. The molecule has 9 heteroatoms. The number of nitrogens with zero attached hydrogens (tertiary/aromatic N) is 2. The van der Waals surface area contributed by atoms with Crippen LogP contribution in [0.2, 0.25) is 0 Å². The number of carbonyl (C=O) groups is 3. The minimum Gasteiger partial charge on any atom is -0.494 e. The molecule has 3 rings (SSSR count). The van der Waals surface area contributed by atoms with Crippen molar-refractivity contribution in [1.29, 1.82) is 0 Å². The number of furan rings is 1. The van der Waals surface area contributed by atoms with E-state index >= 15 is 0 Å². The van der Waals surface area contributed by atoms with Crippen LogP contribution in [-0.2, 0) is 21.7 Å². The minimum atomic E-state index is -1.36. The molecule has 1 aliphatic heterocycles. The standard InChI is InChI=1S/C19H20FN3O5/c1-19(15-5-4-8-28-15)17(25)23(18(26)21-19)11-16(24)22(2)10-12-6-7-14(27-3)13(20)9-12/h4-9H,10-11H2,1-3H3,(H,21,26)/t19-/m1/s1. The van der Waals surface area contributed by atoms with Crippen molar-refractivity contribution < 1.29 is 27.9 Å². The first-order valence-corrected chi connectivity index (χ1v) is 8.50. The van der Waals surface area contributed by atoms with E-state index in [1.807, 2.05) is 0 Å². The summed E-state index contributed by atoms with van der Waals surface area (Å²) in [6, 6.07) is 6.87. The van der Waals surface area contributed by atoms with Crippen molar-refractivity contribution >= 4 is 17.8 Å². The highest BCUT2D eigenvalue weighted by Crippen LogP contribution is 2.29. The molecule has 0 radical (unpaired) electrons. The van der Waals surface area contributed by atoms with Crippen LogP contribution < -0.4 is 10.1 Å². The Morgan fingerprint density at radius 1 is 1.36 bits per heavy atom. The minimum absolute atomic E-state index is 0.106. The van der Waals surface area contributed by atoms with Crippen LogP contribution in [-0.4, -0.2) is 48.3 Å². The van der Waals surface area contributed by atoms with E-state index in [4.69, 9.17) is 9.15 Å². The fourth-order valence-corrected chi connectivity index (χ4v) is 3.00. The largest absolute Gasteiger partial charge is 0.494 e. The number of likely N-dealkylation sites (N-methyl/N-ethyl adjacent to an activating group) is 1. The Kier molecular flexibility index (Phi) is 5.08. The van der Waals surface area contributed by atoms with Crippen LogP contribution in [0, 0.1) is 5.82 Å². The number of methoxy groups -OCH3 is 1. The van der Waals surface area contributed by atoms with Crippen molar-refractivity contribution in [3.05, 3.63) is 53.7 Å². The molecule has 1 N–H and O–H groups in total. The van der Waals surface area contributed by atoms with Crippen LogP contribution in [0.25, 0.3) is 0 Å². The van der Waals surface area contributed by atoms with E-state index in [1.165, 1.54) is 44.4 Å². The molecular weight excluding hydrogens is 369 g/mol. The second-order valence-electron chi connectivity index (χ2n) is 6.64. The zero-order valence-electron chi connectivity index (χ0n) is 15.7. The van der Waals surface area contributed by atoms with Gasteiger partial charge in [0.05, 0.1) is 13.4 Å². The number of urea groups is 1. The number of ether oxygens (including phenoxy) is 1. The van der Waals surface area contributed by atoms with Crippen molar-refractivity contribution in [3.8, 4) is 5.75 Å². The monoisotopic (exact) mass is 389 g/mol. The maximum atomic E-state index is 13.8. The molecule has 0 spiro atoms. The summed E-state index contributed by atoms with van der Waals surface area (Å²) in [6.07, 6.45) is 1.40. The number of carbonyl (C=O) groups excluding carboxylic acids is 3. The first kappa shape index (κ1) is 19.4. The Hall–Kier alpha value is -3.36. The van der Waals surface area contributed by atoms with Crippen molar-refractivity contribution in [3.63, 3.8) is 0 Å². The van der Waals surface area contributed by atoms with Crippen LogP contribution >= 0.6 is 0 Å².